The van der Waals surface area contributed by atoms with E-state index in [1.54, 1.807) is 26.8 Å². The van der Waals surface area contributed by atoms with Gasteiger partial charge in [-0.2, -0.15) is 0 Å². The van der Waals surface area contributed by atoms with Crippen molar-refractivity contribution in [3.63, 3.8) is 0 Å². The van der Waals surface area contributed by atoms with Gasteiger partial charge in [0.15, 0.2) is 0 Å². The van der Waals surface area contributed by atoms with Crippen molar-refractivity contribution in [1.29, 1.82) is 0 Å². The van der Waals surface area contributed by atoms with Crippen LogP contribution in [0, 0.1) is 20.8 Å². The lowest BCUT2D eigenvalue weighted by molar-refractivity contribution is 0.456. The molecule has 5 heteroatoms. The molecule has 0 saturated heterocycles. The van der Waals surface area contributed by atoms with Crippen molar-refractivity contribution in [3.05, 3.63) is 47.0 Å². The Kier molecular flexibility index (Phi) is 3.48. The van der Waals surface area contributed by atoms with E-state index in [0.717, 1.165) is 5.56 Å². The van der Waals surface area contributed by atoms with Gasteiger partial charge in [0, 0.05) is 0 Å². The molecule has 0 aliphatic carbocycles. The van der Waals surface area contributed by atoms with Crippen molar-refractivity contribution >= 4 is 9.84 Å². The van der Waals surface area contributed by atoms with Gasteiger partial charge in [-0.3, -0.25) is 0 Å². The number of aromatic hydroxyl groups is 2. The van der Waals surface area contributed by atoms with Crippen molar-refractivity contribution in [2.24, 2.45) is 0 Å². The zero-order chi connectivity index (χ0) is 15.1. The minimum atomic E-state index is -3.89. The van der Waals surface area contributed by atoms with Crippen molar-refractivity contribution in [2.45, 2.75) is 30.6 Å². The van der Waals surface area contributed by atoms with Gasteiger partial charge in [0.1, 0.15) is 16.4 Å². The van der Waals surface area contributed by atoms with E-state index in [2.05, 4.69) is 0 Å². The van der Waals surface area contributed by atoms with Crippen LogP contribution in [-0.2, 0) is 9.84 Å². The topological polar surface area (TPSA) is 74.6 Å². The first-order valence-electron chi connectivity index (χ1n) is 6.09. The summed E-state index contributed by atoms with van der Waals surface area (Å²) in [5, 5.41) is 19.4. The molecule has 0 aliphatic rings. The molecule has 0 bridgehead atoms. The Balaban J connectivity index is 2.80. The Morgan fingerprint density at radius 1 is 0.900 bits per heavy atom. The van der Waals surface area contributed by atoms with Gasteiger partial charge >= 0.3 is 0 Å². The molecule has 0 aromatic heterocycles. The third kappa shape index (κ3) is 2.25. The number of hydrogen-bond donors (Lipinski definition) is 2. The predicted molar refractivity (Wildman–Crippen MR) is 75.9 cm³/mol. The van der Waals surface area contributed by atoms with Crippen LogP contribution in [0.5, 0.6) is 11.5 Å². The molecular weight excluding hydrogens is 276 g/mol. The Morgan fingerprint density at radius 2 is 1.50 bits per heavy atom. The van der Waals surface area contributed by atoms with Crippen molar-refractivity contribution in [3.8, 4) is 11.5 Å². The predicted octanol–water partition coefficient (Wildman–Crippen LogP) is 2.86. The maximum absolute atomic E-state index is 12.7. The number of rotatable bonds is 2. The van der Waals surface area contributed by atoms with Crippen LogP contribution in [0.15, 0.2) is 40.1 Å². The summed E-state index contributed by atoms with van der Waals surface area (Å²) in [5.41, 5.74) is 1.80. The largest absolute Gasteiger partial charge is 0.508 e. The molecule has 4 nitrogen and oxygen atoms in total. The van der Waals surface area contributed by atoms with E-state index < -0.39 is 9.84 Å². The Labute approximate surface area is 118 Å². The summed E-state index contributed by atoms with van der Waals surface area (Å²) in [4.78, 5) is -0.104. The molecular formula is C15H16O4S. The monoisotopic (exact) mass is 292 g/mol. The Bertz CT molecular complexity index is 777. The number of aryl methyl sites for hydroxylation is 2. The zero-order valence-corrected chi connectivity index (χ0v) is 12.3. The maximum atomic E-state index is 12.7. The maximum Gasteiger partial charge on any atom is 0.210 e. The fourth-order valence-corrected chi connectivity index (χ4v) is 4.00. The van der Waals surface area contributed by atoms with Gasteiger partial charge in [0.05, 0.1) is 4.90 Å². The second kappa shape index (κ2) is 4.83. The number of phenolic OH excluding ortho intramolecular Hbond substituents is 2. The molecule has 0 heterocycles. The Hall–Kier alpha value is -2.01. The number of sulfone groups is 1. The van der Waals surface area contributed by atoms with E-state index >= 15 is 0 Å². The van der Waals surface area contributed by atoms with Crippen LogP contribution in [0.2, 0.25) is 0 Å². The van der Waals surface area contributed by atoms with Crippen LogP contribution in [0.1, 0.15) is 16.7 Å². The third-order valence-corrected chi connectivity index (χ3v) is 5.46. The molecule has 2 N–H and O–H groups in total. The highest BCUT2D eigenvalue weighted by atomic mass is 32.2. The quantitative estimate of drug-likeness (QED) is 0.892. The minimum absolute atomic E-state index is 0.00139. The molecule has 0 amide bonds. The molecule has 20 heavy (non-hydrogen) atoms. The molecule has 0 unspecified atom stereocenters. The van der Waals surface area contributed by atoms with Crippen molar-refractivity contribution in [1.82, 2.24) is 0 Å². The zero-order valence-electron chi connectivity index (χ0n) is 11.5. The van der Waals surface area contributed by atoms with Crippen LogP contribution in [0.3, 0.4) is 0 Å². The lowest BCUT2D eigenvalue weighted by Gasteiger charge is -2.13. The first-order valence-corrected chi connectivity index (χ1v) is 7.57. The summed E-state index contributed by atoms with van der Waals surface area (Å²) >= 11 is 0. The van der Waals surface area contributed by atoms with E-state index in [4.69, 9.17) is 0 Å². The normalized spacial score (nSPS) is 11.6. The van der Waals surface area contributed by atoms with E-state index in [1.807, 2.05) is 0 Å². The van der Waals surface area contributed by atoms with Crippen LogP contribution >= 0.6 is 0 Å². The molecule has 0 radical (unpaired) electrons. The minimum Gasteiger partial charge on any atom is -0.508 e. The van der Waals surface area contributed by atoms with Crippen LogP contribution in [0.25, 0.3) is 0 Å². The molecule has 106 valence electrons. The first-order chi connectivity index (χ1) is 9.25. The smallest absolute Gasteiger partial charge is 0.210 e. The number of benzene rings is 2. The van der Waals surface area contributed by atoms with E-state index in [1.165, 1.54) is 24.3 Å². The lowest BCUT2D eigenvalue weighted by Crippen LogP contribution is -2.07. The average Bonchev–Trinajstić information content (AvgIpc) is 2.37. The van der Waals surface area contributed by atoms with Crippen molar-refractivity contribution in [2.75, 3.05) is 0 Å². The fourth-order valence-electron chi connectivity index (χ4n) is 2.10. The molecule has 2 aromatic carbocycles. The second-order valence-corrected chi connectivity index (χ2v) is 6.66. The van der Waals surface area contributed by atoms with Crippen molar-refractivity contribution < 1.29 is 18.6 Å². The van der Waals surface area contributed by atoms with Gasteiger partial charge < -0.3 is 10.2 Å². The first kappa shape index (κ1) is 14.4. The Morgan fingerprint density at radius 3 is 2.15 bits per heavy atom. The summed E-state index contributed by atoms with van der Waals surface area (Å²) in [5.74, 6) is -0.408. The van der Waals surface area contributed by atoms with Gasteiger partial charge in [0.2, 0.25) is 9.84 Å². The van der Waals surface area contributed by atoms with Gasteiger partial charge in [-0.05, 0) is 55.7 Å². The van der Waals surface area contributed by atoms with E-state index in [9.17, 15) is 18.6 Å². The number of phenols is 2. The summed E-state index contributed by atoms with van der Waals surface area (Å²) in [6, 6.07) is 7.19. The highest BCUT2D eigenvalue weighted by Crippen LogP contribution is 2.35. The summed E-state index contributed by atoms with van der Waals surface area (Å²) in [7, 11) is -3.89. The van der Waals surface area contributed by atoms with Gasteiger partial charge in [-0.15, -0.1) is 0 Å². The molecule has 2 rings (SSSR count). The summed E-state index contributed by atoms with van der Waals surface area (Å²) in [6.07, 6.45) is 0. The van der Waals surface area contributed by atoms with Crippen LogP contribution in [-0.4, -0.2) is 18.6 Å². The second-order valence-electron chi connectivity index (χ2n) is 4.81. The SMILES string of the molecule is Cc1ccc(O)cc1S(=O)(=O)c1c(O)ccc(C)c1C. The molecule has 0 atom stereocenters. The standard InChI is InChI=1S/C15H16O4S/c1-9-5-7-13(17)15(11(9)3)20(18,19)14-8-12(16)6-4-10(14)2/h4-8,16-17H,1-3H3. The summed E-state index contributed by atoms with van der Waals surface area (Å²) in [6.45, 7) is 5.08. The van der Waals surface area contributed by atoms with E-state index in [0.29, 0.717) is 11.1 Å². The van der Waals surface area contributed by atoms with Gasteiger partial charge in [-0.1, -0.05) is 12.1 Å². The van der Waals surface area contributed by atoms with Crippen LogP contribution in [0.4, 0.5) is 0 Å². The van der Waals surface area contributed by atoms with Crippen LogP contribution < -0.4 is 0 Å². The van der Waals surface area contributed by atoms with Gasteiger partial charge in [-0.25, -0.2) is 8.42 Å². The van der Waals surface area contributed by atoms with Gasteiger partial charge in [0.25, 0.3) is 0 Å². The third-order valence-electron chi connectivity index (χ3n) is 3.39. The highest BCUT2D eigenvalue weighted by Gasteiger charge is 2.26. The average molecular weight is 292 g/mol. The summed E-state index contributed by atoms with van der Waals surface area (Å²) < 4.78 is 25.5. The molecule has 0 spiro atoms. The molecule has 0 fully saturated rings. The molecule has 0 aliphatic heterocycles. The highest BCUT2D eigenvalue weighted by molar-refractivity contribution is 7.91. The lowest BCUT2D eigenvalue weighted by atomic mass is 10.1. The number of hydrogen-bond acceptors (Lipinski definition) is 4. The van der Waals surface area contributed by atoms with E-state index in [-0.39, 0.29) is 21.3 Å². The molecule has 2 aromatic rings. The molecule has 0 saturated carbocycles. The fraction of sp³-hybridized carbons (Fsp3) is 0.200.